The van der Waals surface area contributed by atoms with Gasteiger partial charge < -0.3 is 10.6 Å². The van der Waals surface area contributed by atoms with Gasteiger partial charge in [0.05, 0.1) is 12.5 Å². The molecule has 1 atom stereocenters. The summed E-state index contributed by atoms with van der Waals surface area (Å²) < 4.78 is 38.4. The molecular weight excluding hydrogens is 401 g/mol. The van der Waals surface area contributed by atoms with Crippen molar-refractivity contribution >= 4 is 33.4 Å². The van der Waals surface area contributed by atoms with E-state index in [-0.39, 0.29) is 6.42 Å². The van der Waals surface area contributed by atoms with Crippen LogP contribution in [0.4, 0.5) is 18.9 Å². The lowest BCUT2D eigenvalue weighted by atomic mass is 10.0. The molecule has 0 heterocycles. The summed E-state index contributed by atoms with van der Waals surface area (Å²) in [6.45, 7) is 0. The maximum Gasteiger partial charge on any atom is 0.471 e. The highest BCUT2D eigenvalue weighted by molar-refractivity contribution is 9.10. The normalized spacial score (nSPS) is 12.3. The van der Waals surface area contributed by atoms with Crippen LogP contribution in [-0.2, 0) is 9.59 Å². The molecule has 25 heavy (non-hydrogen) atoms. The van der Waals surface area contributed by atoms with E-state index < -0.39 is 24.0 Å². The predicted octanol–water partition coefficient (Wildman–Crippen LogP) is 4.20. The van der Waals surface area contributed by atoms with Crippen LogP contribution in [0, 0.1) is 0 Å². The summed E-state index contributed by atoms with van der Waals surface area (Å²) in [6.07, 6.45) is -5.35. The molecule has 2 N–H and O–H groups in total. The van der Waals surface area contributed by atoms with Crippen molar-refractivity contribution in [2.24, 2.45) is 0 Å². The second-order valence-corrected chi connectivity index (χ2v) is 6.11. The Kier molecular flexibility index (Phi) is 6.19. The maximum atomic E-state index is 12.5. The zero-order chi connectivity index (χ0) is 18.4. The standard InChI is InChI=1S/C17H14BrF3N2O2/c18-12-6-8-13(9-7-12)22-15(24)10-14(11-4-2-1-3-5-11)23-16(25)17(19,20)21/h1-9,14H,10H2,(H,22,24)(H,23,25). The highest BCUT2D eigenvalue weighted by Crippen LogP contribution is 2.22. The van der Waals surface area contributed by atoms with Gasteiger partial charge in [-0.05, 0) is 29.8 Å². The molecule has 8 heteroatoms. The minimum Gasteiger partial charge on any atom is -0.341 e. The van der Waals surface area contributed by atoms with E-state index in [0.29, 0.717) is 11.3 Å². The molecule has 0 saturated heterocycles. The molecule has 2 rings (SSSR count). The van der Waals surface area contributed by atoms with Gasteiger partial charge in [0.25, 0.3) is 0 Å². The molecule has 0 aliphatic heterocycles. The predicted molar refractivity (Wildman–Crippen MR) is 90.8 cm³/mol. The molecule has 0 aromatic heterocycles. The number of halogens is 4. The molecule has 0 bridgehead atoms. The molecule has 0 spiro atoms. The number of hydrogen-bond donors (Lipinski definition) is 2. The van der Waals surface area contributed by atoms with Crippen LogP contribution in [-0.4, -0.2) is 18.0 Å². The maximum absolute atomic E-state index is 12.5. The van der Waals surface area contributed by atoms with Gasteiger partial charge in [-0.2, -0.15) is 13.2 Å². The largest absolute Gasteiger partial charge is 0.471 e. The van der Waals surface area contributed by atoms with Crippen LogP contribution < -0.4 is 10.6 Å². The van der Waals surface area contributed by atoms with Gasteiger partial charge >= 0.3 is 12.1 Å². The third-order valence-corrected chi connectivity index (χ3v) is 3.81. The average molecular weight is 415 g/mol. The molecule has 0 radical (unpaired) electrons. The number of rotatable bonds is 5. The lowest BCUT2D eigenvalue weighted by Crippen LogP contribution is -2.40. The van der Waals surface area contributed by atoms with Crippen LogP contribution in [0.25, 0.3) is 0 Å². The van der Waals surface area contributed by atoms with Gasteiger partial charge in [0.1, 0.15) is 0 Å². The minimum atomic E-state index is -5.02. The number of benzene rings is 2. The van der Waals surface area contributed by atoms with Crippen molar-refractivity contribution in [3.63, 3.8) is 0 Å². The summed E-state index contributed by atoms with van der Waals surface area (Å²) in [5, 5.41) is 4.46. The Morgan fingerprint density at radius 2 is 1.60 bits per heavy atom. The Bertz CT molecular complexity index is 734. The zero-order valence-electron chi connectivity index (χ0n) is 12.8. The number of amides is 2. The summed E-state index contributed by atoms with van der Waals surface area (Å²) in [7, 11) is 0. The molecule has 2 aromatic carbocycles. The van der Waals surface area contributed by atoms with Crippen molar-refractivity contribution in [1.82, 2.24) is 5.32 Å². The quantitative estimate of drug-likeness (QED) is 0.770. The first-order valence-corrected chi connectivity index (χ1v) is 8.03. The zero-order valence-corrected chi connectivity index (χ0v) is 14.4. The molecule has 0 aliphatic carbocycles. The monoisotopic (exact) mass is 414 g/mol. The van der Waals surface area contributed by atoms with E-state index in [9.17, 15) is 22.8 Å². The fourth-order valence-corrected chi connectivity index (χ4v) is 2.37. The number of hydrogen-bond acceptors (Lipinski definition) is 2. The fourth-order valence-electron chi connectivity index (χ4n) is 2.11. The second-order valence-electron chi connectivity index (χ2n) is 5.19. The first-order valence-electron chi connectivity index (χ1n) is 7.24. The first kappa shape index (κ1) is 19.0. The number of carbonyl (C=O) groups excluding carboxylic acids is 2. The van der Waals surface area contributed by atoms with E-state index >= 15 is 0 Å². The van der Waals surface area contributed by atoms with Crippen LogP contribution in [0.15, 0.2) is 59.1 Å². The summed E-state index contributed by atoms with van der Waals surface area (Å²) in [6, 6.07) is 13.7. The Morgan fingerprint density at radius 3 is 2.16 bits per heavy atom. The van der Waals surface area contributed by atoms with Crippen molar-refractivity contribution in [2.75, 3.05) is 5.32 Å². The van der Waals surface area contributed by atoms with Gasteiger partial charge in [0.15, 0.2) is 0 Å². The number of carbonyl (C=O) groups is 2. The molecular formula is C17H14BrF3N2O2. The van der Waals surface area contributed by atoms with Gasteiger partial charge in [0.2, 0.25) is 5.91 Å². The Hall–Kier alpha value is -2.35. The average Bonchev–Trinajstić information content (AvgIpc) is 2.56. The van der Waals surface area contributed by atoms with Crippen LogP contribution in [0.1, 0.15) is 18.0 Å². The molecule has 132 valence electrons. The van der Waals surface area contributed by atoms with Crippen LogP contribution in [0.3, 0.4) is 0 Å². The van der Waals surface area contributed by atoms with E-state index in [2.05, 4.69) is 21.2 Å². The highest BCUT2D eigenvalue weighted by atomic mass is 79.9. The van der Waals surface area contributed by atoms with Crippen molar-refractivity contribution in [1.29, 1.82) is 0 Å². The van der Waals surface area contributed by atoms with Gasteiger partial charge in [-0.1, -0.05) is 46.3 Å². The minimum absolute atomic E-state index is 0.331. The van der Waals surface area contributed by atoms with Crippen LogP contribution >= 0.6 is 15.9 Å². The van der Waals surface area contributed by atoms with Gasteiger partial charge in [0, 0.05) is 10.2 Å². The van der Waals surface area contributed by atoms with E-state index in [1.165, 1.54) is 0 Å². The number of anilines is 1. The van der Waals surface area contributed by atoms with Crippen molar-refractivity contribution in [2.45, 2.75) is 18.6 Å². The molecule has 0 saturated carbocycles. The third kappa shape index (κ3) is 5.90. The lowest BCUT2D eigenvalue weighted by Gasteiger charge is -2.20. The van der Waals surface area contributed by atoms with Gasteiger partial charge in [-0.15, -0.1) is 0 Å². The highest BCUT2D eigenvalue weighted by Gasteiger charge is 2.40. The van der Waals surface area contributed by atoms with E-state index in [0.717, 1.165) is 4.47 Å². The van der Waals surface area contributed by atoms with E-state index in [1.807, 2.05) is 5.32 Å². The summed E-state index contributed by atoms with van der Waals surface area (Å²) in [4.78, 5) is 23.4. The number of nitrogens with one attached hydrogen (secondary N) is 2. The van der Waals surface area contributed by atoms with E-state index in [1.54, 1.807) is 54.6 Å². The Balaban J connectivity index is 2.11. The van der Waals surface area contributed by atoms with Crippen LogP contribution in [0.5, 0.6) is 0 Å². The smallest absolute Gasteiger partial charge is 0.341 e. The first-order chi connectivity index (χ1) is 11.8. The molecule has 4 nitrogen and oxygen atoms in total. The third-order valence-electron chi connectivity index (χ3n) is 3.28. The summed E-state index contributed by atoms with van der Waals surface area (Å²) in [5.41, 5.74) is 0.910. The molecule has 2 aromatic rings. The van der Waals surface area contributed by atoms with Gasteiger partial charge in [-0.3, -0.25) is 9.59 Å². The Labute approximate surface area is 150 Å². The van der Waals surface area contributed by atoms with Gasteiger partial charge in [-0.25, -0.2) is 0 Å². The molecule has 2 amide bonds. The van der Waals surface area contributed by atoms with Crippen molar-refractivity contribution < 1.29 is 22.8 Å². The summed E-state index contributed by atoms with van der Waals surface area (Å²) >= 11 is 3.26. The van der Waals surface area contributed by atoms with E-state index in [4.69, 9.17) is 0 Å². The Morgan fingerprint density at radius 1 is 1.00 bits per heavy atom. The SMILES string of the molecule is O=C(CC(NC(=O)C(F)(F)F)c1ccccc1)Nc1ccc(Br)cc1. The summed E-state index contributed by atoms with van der Waals surface area (Å²) in [5.74, 6) is -2.60. The fraction of sp³-hybridized carbons (Fsp3) is 0.176. The molecule has 1 unspecified atom stereocenters. The van der Waals surface area contributed by atoms with Crippen LogP contribution in [0.2, 0.25) is 0 Å². The lowest BCUT2D eigenvalue weighted by molar-refractivity contribution is -0.174. The second kappa shape index (κ2) is 8.15. The molecule has 0 fully saturated rings. The topological polar surface area (TPSA) is 58.2 Å². The number of alkyl halides is 3. The van der Waals surface area contributed by atoms with Crippen molar-refractivity contribution in [3.05, 3.63) is 64.6 Å². The molecule has 0 aliphatic rings. The van der Waals surface area contributed by atoms with Crippen molar-refractivity contribution in [3.8, 4) is 0 Å².